The smallest absolute Gasteiger partial charge is 0.307 e. The SMILES string of the molecule is O=C(O)C(Cc1ccccc1)C(CCc1ccccc1)c1cccc2ccccc12. The third kappa shape index (κ3) is 4.60. The summed E-state index contributed by atoms with van der Waals surface area (Å²) in [5.74, 6) is -1.29. The van der Waals surface area contributed by atoms with Gasteiger partial charge in [-0.05, 0) is 52.6 Å². The Bertz CT molecular complexity index is 1100. The van der Waals surface area contributed by atoms with Crippen LogP contribution in [0.3, 0.4) is 0 Å². The van der Waals surface area contributed by atoms with E-state index < -0.39 is 11.9 Å². The van der Waals surface area contributed by atoms with Crippen LogP contribution in [-0.2, 0) is 17.6 Å². The fourth-order valence-corrected chi connectivity index (χ4v) is 4.38. The summed E-state index contributed by atoms with van der Waals surface area (Å²) in [6.07, 6.45) is 2.17. The standard InChI is InChI=1S/C28H26O2/c29-28(30)27(20-22-12-5-2-6-13-22)26(19-18-21-10-3-1-4-11-21)25-17-9-15-23-14-7-8-16-24(23)25/h1-17,26-27H,18-20H2,(H,29,30). The van der Waals surface area contributed by atoms with Gasteiger partial charge in [-0.25, -0.2) is 0 Å². The number of aliphatic carboxylic acids is 1. The van der Waals surface area contributed by atoms with E-state index in [0.717, 1.165) is 34.7 Å². The molecule has 4 aromatic rings. The number of benzene rings is 4. The molecule has 2 heteroatoms. The van der Waals surface area contributed by atoms with Crippen LogP contribution < -0.4 is 0 Å². The highest BCUT2D eigenvalue weighted by atomic mass is 16.4. The van der Waals surface area contributed by atoms with Crippen molar-refractivity contribution in [3.8, 4) is 0 Å². The molecule has 0 aliphatic rings. The first-order valence-electron chi connectivity index (χ1n) is 10.5. The maximum atomic E-state index is 12.5. The minimum Gasteiger partial charge on any atom is -0.481 e. The highest BCUT2D eigenvalue weighted by Crippen LogP contribution is 2.36. The molecule has 0 saturated carbocycles. The van der Waals surface area contributed by atoms with Crippen molar-refractivity contribution in [1.82, 2.24) is 0 Å². The van der Waals surface area contributed by atoms with Gasteiger partial charge in [0.15, 0.2) is 0 Å². The van der Waals surface area contributed by atoms with E-state index in [1.807, 2.05) is 60.7 Å². The van der Waals surface area contributed by atoms with Crippen LogP contribution in [0, 0.1) is 5.92 Å². The first-order valence-corrected chi connectivity index (χ1v) is 10.5. The van der Waals surface area contributed by atoms with Crippen molar-refractivity contribution in [3.63, 3.8) is 0 Å². The fourth-order valence-electron chi connectivity index (χ4n) is 4.38. The van der Waals surface area contributed by atoms with Crippen LogP contribution in [-0.4, -0.2) is 11.1 Å². The molecule has 0 radical (unpaired) electrons. The lowest BCUT2D eigenvalue weighted by Crippen LogP contribution is -2.25. The largest absolute Gasteiger partial charge is 0.481 e. The van der Waals surface area contributed by atoms with Gasteiger partial charge >= 0.3 is 5.97 Å². The van der Waals surface area contributed by atoms with Crippen molar-refractivity contribution in [2.45, 2.75) is 25.2 Å². The quantitative estimate of drug-likeness (QED) is 0.370. The average Bonchev–Trinajstić information content (AvgIpc) is 2.79. The molecule has 0 bridgehead atoms. The summed E-state index contributed by atoms with van der Waals surface area (Å²) in [4.78, 5) is 12.5. The zero-order chi connectivity index (χ0) is 20.8. The molecule has 1 N–H and O–H groups in total. The molecule has 2 atom stereocenters. The average molecular weight is 395 g/mol. The zero-order valence-electron chi connectivity index (χ0n) is 16.9. The van der Waals surface area contributed by atoms with Crippen LogP contribution in [0.2, 0.25) is 0 Å². The van der Waals surface area contributed by atoms with Gasteiger partial charge in [-0.3, -0.25) is 4.79 Å². The lowest BCUT2D eigenvalue weighted by molar-refractivity contribution is -0.142. The van der Waals surface area contributed by atoms with E-state index in [-0.39, 0.29) is 5.92 Å². The normalized spacial score (nSPS) is 13.1. The van der Waals surface area contributed by atoms with Crippen molar-refractivity contribution >= 4 is 16.7 Å². The summed E-state index contributed by atoms with van der Waals surface area (Å²) in [5, 5.41) is 12.5. The Morgan fingerprint density at radius 1 is 0.700 bits per heavy atom. The van der Waals surface area contributed by atoms with E-state index in [0.29, 0.717) is 6.42 Å². The monoisotopic (exact) mass is 394 g/mol. The topological polar surface area (TPSA) is 37.3 Å². The summed E-state index contributed by atoms with van der Waals surface area (Å²) in [7, 11) is 0. The molecule has 0 heterocycles. The summed E-state index contributed by atoms with van der Waals surface area (Å²) in [5.41, 5.74) is 3.44. The maximum absolute atomic E-state index is 12.5. The van der Waals surface area contributed by atoms with Crippen molar-refractivity contribution in [1.29, 1.82) is 0 Å². The van der Waals surface area contributed by atoms with Gasteiger partial charge in [-0.2, -0.15) is 0 Å². The Morgan fingerprint density at radius 2 is 1.30 bits per heavy atom. The zero-order valence-corrected chi connectivity index (χ0v) is 16.9. The molecule has 4 rings (SSSR count). The third-order valence-electron chi connectivity index (χ3n) is 5.91. The molecule has 0 aliphatic carbocycles. The van der Waals surface area contributed by atoms with Gasteiger partial charge < -0.3 is 5.11 Å². The van der Waals surface area contributed by atoms with Crippen molar-refractivity contribution < 1.29 is 9.90 Å². The van der Waals surface area contributed by atoms with Crippen LogP contribution in [0.4, 0.5) is 0 Å². The number of fused-ring (bicyclic) bond motifs is 1. The predicted molar refractivity (Wildman–Crippen MR) is 123 cm³/mol. The Labute approximate surface area is 177 Å². The van der Waals surface area contributed by atoms with Crippen LogP contribution >= 0.6 is 0 Å². The molecule has 0 aliphatic heterocycles. The van der Waals surface area contributed by atoms with E-state index in [1.165, 1.54) is 5.56 Å². The molecule has 0 aromatic heterocycles. The molecular weight excluding hydrogens is 368 g/mol. The molecule has 0 fully saturated rings. The number of carboxylic acid groups (broad SMARTS) is 1. The van der Waals surface area contributed by atoms with Crippen molar-refractivity contribution in [2.75, 3.05) is 0 Å². The van der Waals surface area contributed by atoms with Gasteiger partial charge in [-0.15, -0.1) is 0 Å². The van der Waals surface area contributed by atoms with E-state index in [4.69, 9.17) is 0 Å². The number of aryl methyl sites for hydroxylation is 1. The predicted octanol–water partition coefficient (Wildman–Crippen LogP) is 6.50. The summed E-state index contributed by atoms with van der Waals surface area (Å²) in [6, 6.07) is 34.8. The van der Waals surface area contributed by atoms with Gasteiger partial charge in [0.05, 0.1) is 5.92 Å². The molecule has 4 aromatic carbocycles. The van der Waals surface area contributed by atoms with Gasteiger partial charge in [0, 0.05) is 0 Å². The van der Waals surface area contributed by atoms with Crippen LogP contribution in [0.5, 0.6) is 0 Å². The minimum atomic E-state index is -0.732. The highest BCUT2D eigenvalue weighted by molar-refractivity contribution is 5.87. The molecule has 0 spiro atoms. The fraction of sp³-hybridized carbons (Fsp3) is 0.179. The third-order valence-corrected chi connectivity index (χ3v) is 5.91. The van der Waals surface area contributed by atoms with E-state index in [2.05, 4.69) is 42.5 Å². The second-order valence-corrected chi connectivity index (χ2v) is 7.83. The van der Waals surface area contributed by atoms with E-state index in [9.17, 15) is 9.90 Å². The van der Waals surface area contributed by atoms with Crippen LogP contribution in [0.15, 0.2) is 103 Å². The summed E-state index contributed by atoms with van der Waals surface area (Å²) in [6.45, 7) is 0. The van der Waals surface area contributed by atoms with Gasteiger partial charge in [0.2, 0.25) is 0 Å². The Balaban J connectivity index is 1.74. The summed E-state index contributed by atoms with van der Waals surface area (Å²) < 4.78 is 0. The van der Waals surface area contributed by atoms with E-state index >= 15 is 0 Å². The molecule has 30 heavy (non-hydrogen) atoms. The molecular formula is C28H26O2. The first kappa shape index (κ1) is 19.9. The van der Waals surface area contributed by atoms with Gasteiger partial charge in [0.1, 0.15) is 0 Å². The number of carboxylic acids is 1. The number of hydrogen-bond donors (Lipinski definition) is 1. The second kappa shape index (κ2) is 9.41. The number of rotatable bonds is 8. The Kier molecular flexibility index (Phi) is 6.24. The first-order chi connectivity index (χ1) is 14.7. The molecule has 2 nitrogen and oxygen atoms in total. The van der Waals surface area contributed by atoms with Crippen molar-refractivity contribution in [2.24, 2.45) is 5.92 Å². The maximum Gasteiger partial charge on any atom is 0.307 e. The second-order valence-electron chi connectivity index (χ2n) is 7.83. The minimum absolute atomic E-state index is 0.0750. The Morgan fingerprint density at radius 3 is 2.00 bits per heavy atom. The van der Waals surface area contributed by atoms with Gasteiger partial charge in [0.25, 0.3) is 0 Å². The van der Waals surface area contributed by atoms with E-state index in [1.54, 1.807) is 0 Å². The van der Waals surface area contributed by atoms with Gasteiger partial charge in [-0.1, -0.05) is 103 Å². The molecule has 0 saturated heterocycles. The van der Waals surface area contributed by atoms with Crippen LogP contribution in [0.25, 0.3) is 10.8 Å². The number of carbonyl (C=O) groups is 1. The lowest BCUT2D eigenvalue weighted by Gasteiger charge is -2.26. The van der Waals surface area contributed by atoms with Crippen molar-refractivity contribution in [3.05, 3.63) is 120 Å². The lowest BCUT2D eigenvalue weighted by atomic mass is 9.77. The molecule has 150 valence electrons. The summed E-state index contributed by atoms with van der Waals surface area (Å²) >= 11 is 0. The number of hydrogen-bond acceptors (Lipinski definition) is 1. The molecule has 2 unspecified atom stereocenters. The Hall–Kier alpha value is -3.39. The van der Waals surface area contributed by atoms with Crippen LogP contribution in [0.1, 0.15) is 29.0 Å². The highest BCUT2D eigenvalue weighted by Gasteiger charge is 2.30. The molecule has 0 amide bonds.